The van der Waals surface area contributed by atoms with Crippen LogP contribution in [0.15, 0.2) is 24.3 Å². The molecule has 0 saturated heterocycles. The third-order valence-corrected chi connectivity index (χ3v) is 2.48. The maximum absolute atomic E-state index is 8.67. The molecule has 0 aliphatic heterocycles. The summed E-state index contributed by atoms with van der Waals surface area (Å²) >= 11 is 0. The van der Waals surface area contributed by atoms with Crippen molar-refractivity contribution in [2.45, 2.75) is 0 Å². The van der Waals surface area contributed by atoms with Gasteiger partial charge in [-0.1, -0.05) is 12.1 Å². The van der Waals surface area contributed by atoms with Gasteiger partial charge in [0, 0.05) is 52.4 Å². The van der Waals surface area contributed by atoms with Crippen molar-refractivity contribution in [2.24, 2.45) is 11.5 Å². The summed E-state index contributed by atoms with van der Waals surface area (Å²) in [4.78, 5) is 0. The lowest BCUT2D eigenvalue weighted by Gasteiger charge is -2.06. The lowest BCUT2D eigenvalue weighted by atomic mass is 10.3. The van der Waals surface area contributed by atoms with E-state index in [4.69, 9.17) is 21.7 Å². The van der Waals surface area contributed by atoms with E-state index in [2.05, 4.69) is 16.0 Å². The fourth-order valence-electron chi connectivity index (χ4n) is 1.40. The Bertz CT molecular complexity index is 308. The fraction of sp³-hybridized carbons (Fsp3) is 0.571. The molecule has 1 aromatic rings. The minimum absolute atomic E-state index is 0.0764. The Morgan fingerprint density at radius 2 is 1.00 bits per heavy atom. The van der Waals surface area contributed by atoms with E-state index in [1.165, 1.54) is 12.1 Å². The van der Waals surface area contributed by atoms with Gasteiger partial charge in [0.25, 0.3) is 0 Å². The molecule has 0 aliphatic rings. The molecule has 1 rings (SSSR count). The van der Waals surface area contributed by atoms with Gasteiger partial charge in [-0.05, 0) is 12.1 Å². The molecule has 0 atom stereocenters. The second kappa shape index (κ2) is 15.0. The van der Waals surface area contributed by atoms with Gasteiger partial charge in [-0.15, -0.1) is 0 Å². The van der Waals surface area contributed by atoms with Gasteiger partial charge in [0.15, 0.2) is 11.5 Å². The van der Waals surface area contributed by atoms with Crippen LogP contribution in [0.4, 0.5) is 0 Å². The molecule has 0 spiro atoms. The quantitative estimate of drug-likeness (QED) is 0.213. The second-order valence-corrected chi connectivity index (χ2v) is 4.32. The SMILES string of the molecule is NCCNCCNCCNCCN.Oc1ccccc1O. The van der Waals surface area contributed by atoms with Crippen molar-refractivity contribution >= 4 is 0 Å². The Labute approximate surface area is 126 Å². The molecule has 7 heteroatoms. The predicted octanol–water partition coefficient (Wildman–Crippen LogP) is -1.23. The van der Waals surface area contributed by atoms with Crippen molar-refractivity contribution in [1.82, 2.24) is 16.0 Å². The summed E-state index contributed by atoms with van der Waals surface area (Å²) in [7, 11) is 0. The van der Waals surface area contributed by atoms with E-state index >= 15 is 0 Å². The number of benzene rings is 1. The molecule has 0 saturated carbocycles. The summed E-state index contributed by atoms with van der Waals surface area (Å²) in [6, 6.07) is 6.15. The molecular formula is C14H29N5O2. The van der Waals surface area contributed by atoms with Crippen LogP contribution in [0.1, 0.15) is 0 Å². The molecule has 0 unspecified atom stereocenters. The van der Waals surface area contributed by atoms with Crippen LogP contribution >= 0.6 is 0 Å². The summed E-state index contributed by atoms with van der Waals surface area (Å²) < 4.78 is 0. The van der Waals surface area contributed by atoms with E-state index in [1.54, 1.807) is 12.1 Å². The molecular weight excluding hydrogens is 270 g/mol. The first-order chi connectivity index (χ1) is 10.2. The van der Waals surface area contributed by atoms with Crippen molar-refractivity contribution in [3.05, 3.63) is 24.3 Å². The highest BCUT2D eigenvalue weighted by Gasteiger charge is 1.90. The van der Waals surface area contributed by atoms with E-state index in [9.17, 15) is 0 Å². The van der Waals surface area contributed by atoms with Gasteiger partial charge in [0.2, 0.25) is 0 Å². The van der Waals surface area contributed by atoms with E-state index in [0.29, 0.717) is 13.1 Å². The van der Waals surface area contributed by atoms with Crippen molar-refractivity contribution < 1.29 is 10.2 Å². The summed E-state index contributed by atoms with van der Waals surface area (Å²) in [6.45, 7) is 7.15. The van der Waals surface area contributed by atoms with Crippen LogP contribution in [0.5, 0.6) is 11.5 Å². The van der Waals surface area contributed by atoms with Crippen molar-refractivity contribution in [3.8, 4) is 11.5 Å². The molecule has 0 heterocycles. The van der Waals surface area contributed by atoms with Gasteiger partial charge in [0.05, 0.1) is 0 Å². The molecule has 0 radical (unpaired) electrons. The van der Waals surface area contributed by atoms with Gasteiger partial charge in [0.1, 0.15) is 0 Å². The Hall–Kier alpha value is -1.38. The van der Waals surface area contributed by atoms with E-state index < -0.39 is 0 Å². The van der Waals surface area contributed by atoms with Gasteiger partial charge >= 0.3 is 0 Å². The van der Waals surface area contributed by atoms with Crippen LogP contribution in [0.3, 0.4) is 0 Å². The zero-order valence-electron chi connectivity index (χ0n) is 12.5. The summed E-state index contributed by atoms with van der Waals surface area (Å²) in [5.41, 5.74) is 10.6. The van der Waals surface area contributed by atoms with Gasteiger partial charge in [-0.2, -0.15) is 0 Å². The Morgan fingerprint density at radius 1 is 0.667 bits per heavy atom. The molecule has 122 valence electrons. The number of phenolic OH excluding ortho intramolecular Hbond substituents is 2. The molecule has 0 fully saturated rings. The molecule has 0 bridgehead atoms. The Kier molecular flexibility index (Phi) is 14.0. The number of hydrogen-bond donors (Lipinski definition) is 7. The standard InChI is InChI=1S/C8H23N5.C6H6O2/c9-1-3-11-5-7-13-8-6-12-4-2-10;7-5-3-1-2-4-6(5)8/h11-13H,1-10H2;1-4,7-8H. The van der Waals surface area contributed by atoms with Crippen LogP contribution in [0.25, 0.3) is 0 Å². The Balaban J connectivity index is 0.000000423. The van der Waals surface area contributed by atoms with E-state index in [-0.39, 0.29) is 11.5 Å². The molecule has 0 amide bonds. The molecule has 0 aromatic heterocycles. The second-order valence-electron chi connectivity index (χ2n) is 4.32. The van der Waals surface area contributed by atoms with Crippen molar-refractivity contribution in [2.75, 3.05) is 52.4 Å². The molecule has 9 N–H and O–H groups in total. The van der Waals surface area contributed by atoms with E-state index in [1.807, 2.05) is 0 Å². The number of nitrogens with two attached hydrogens (primary N) is 2. The largest absolute Gasteiger partial charge is 0.504 e. The smallest absolute Gasteiger partial charge is 0.157 e. The average Bonchev–Trinajstić information content (AvgIpc) is 2.49. The van der Waals surface area contributed by atoms with Gasteiger partial charge < -0.3 is 37.6 Å². The van der Waals surface area contributed by atoms with Crippen LogP contribution in [0, 0.1) is 0 Å². The summed E-state index contributed by atoms with van der Waals surface area (Å²) in [5.74, 6) is -0.153. The number of hydrogen-bond acceptors (Lipinski definition) is 7. The van der Waals surface area contributed by atoms with Crippen LogP contribution in [-0.2, 0) is 0 Å². The first kappa shape index (κ1) is 19.6. The predicted molar refractivity (Wildman–Crippen MR) is 86.5 cm³/mol. The lowest BCUT2D eigenvalue weighted by molar-refractivity contribution is 0.404. The normalized spacial score (nSPS) is 10.0. The number of nitrogens with one attached hydrogen (secondary N) is 3. The molecule has 7 nitrogen and oxygen atoms in total. The van der Waals surface area contributed by atoms with Crippen LogP contribution in [0.2, 0.25) is 0 Å². The summed E-state index contributed by atoms with van der Waals surface area (Å²) in [5, 5.41) is 27.1. The van der Waals surface area contributed by atoms with Crippen molar-refractivity contribution in [1.29, 1.82) is 0 Å². The third kappa shape index (κ3) is 13.4. The number of para-hydroxylation sites is 2. The van der Waals surface area contributed by atoms with Crippen LogP contribution in [-0.4, -0.2) is 62.6 Å². The maximum atomic E-state index is 8.67. The first-order valence-electron chi connectivity index (χ1n) is 7.21. The highest BCUT2D eigenvalue weighted by molar-refractivity contribution is 5.36. The fourth-order valence-corrected chi connectivity index (χ4v) is 1.40. The first-order valence-corrected chi connectivity index (χ1v) is 7.21. The average molecular weight is 299 g/mol. The number of rotatable bonds is 10. The van der Waals surface area contributed by atoms with E-state index in [0.717, 1.165) is 39.3 Å². The maximum Gasteiger partial charge on any atom is 0.157 e. The van der Waals surface area contributed by atoms with Crippen molar-refractivity contribution in [3.63, 3.8) is 0 Å². The highest BCUT2D eigenvalue weighted by Crippen LogP contribution is 2.21. The third-order valence-electron chi connectivity index (χ3n) is 2.48. The molecule has 0 aliphatic carbocycles. The molecule has 1 aromatic carbocycles. The van der Waals surface area contributed by atoms with Gasteiger partial charge in [-0.3, -0.25) is 0 Å². The monoisotopic (exact) mass is 299 g/mol. The zero-order chi connectivity index (χ0) is 15.8. The minimum atomic E-state index is -0.0764. The topological polar surface area (TPSA) is 129 Å². The number of phenols is 2. The minimum Gasteiger partial charge on any atom is -0.504 e. The Morgan fingerprint density at radius 3 is 1.29 bits per heavy atom. The van der Waals surface area contributed by atoms with Gasteiger partial charge in [-0.25, -0.2) is 0 Å². The number of aromatic hydroxyl groups is 2. The lowest BCUT2D eigenvalue weighted by Crippen LogP contribution is -2.35. The zero-order valence-corrected chi connectivity index (χ0v) is 12.5. The molecule has 21 heavy (non-hydrogen) atoms. The van der Waals surface area contributed by atoms with Crippen LogP contribution < -0.4 is 27.4 Å². The summed E-state index contributed by atoms with van der Waals surface area (Å²) in [6.07, 6.45) is 0. The highest BCUT2D eigenvalue weighted by atomic mass is 16.3.